The number of halogens is 6. The second kappa shape index (κ2) is 6.12. The van der Waals surface area contributed by atoms with Crippen molar-refractivity contribution < 1.29 is 17.6 Å². The van der Waals surface area contributed by atoms with Crippen LogP contribution in [0, 0.1) is 23.3 Å². The summed E-state index contributed by atoms with van der Waals surface area (Å²) >= 11 is 11.7. The van der Waals surface area contributed by atoms with Crippen molar-refractivity contribution >= 4 is 28.9 Å². The normalized spacial score (nSPS) is 12.3. The molecule has 1 unspecified atom stereocenters. The first-order valence-corrected chi connectivity index (χ1v) is 6.61. The van der Waals surface area contributed by atoms with E-state index in [-0.39, 0.29) is 15.6 Å². The van der Waals surface area contributed by atoms with E-state index in [0.29, 0.717) is 12.1 Å². The molecule has 1 N–H and O–H groups in total. The molecule has 21 heavy (non-hydrogen) atoms. The van der Waals surface area contributed by atoms with Crippen LogP contribution in [0.15, 0.2) is 24.3 Å². The van der Waals surface area contributed by atoms with Crippen LogP contribution >= 0.6 is 23.2 Å². The maximum atomic E-state index is 13.6. The molecule has 2 aromatic carbocycles. The Labute approximate surface area is 128 Å². The first kappa shape index (κ1) is 15.9. The van der Waals surface area contributed by atoms with Gasteiger partial charge in [0.05, 0.1) is 11.1 Å². The number of rotatable bonds is 3. The molecule has 0 saturated heterocycles. The minimum absolute atomic E-state index is 0.143. The molecule has 0 aliphatic rings. The van der Waals surface area contributed by atoms with Crippen LogP contribution in [0.5, 0.6) is 0 Å². The number of benzene rings is 2. The summed E-state index contributed by atoms with van der Waals surface area (Å²) in [7, 11) is 0. The van der Waals surface area contributed by atoms with E-state index in [1.165, 1.54) is 13.0 Å². The quantitative estimate of drug-likeness (QED) is 0.557. The molecule has 1 nitrogen and oxygen atoms in total. The maximum Gasteiger partial charge on any atom is 0.152 e. The topological polar surface area (TPSA) is 12.0 Å². The molecule has 0 radical (unpaired) electrons. The van der Waals surface area contributed by atoms with Gasteiger partial charge in [-0.25, -0.2) is 17.6 Å². The Morgan fingerprint density at radius 2 is 1.52 bits per heavy atom. The highest BCUT2D eigenvalue weighted by Gasteiger charge is 2.20. The van der Waals surface area contributed by atoms with Crippen LogP contribution in [0.25, 0.3) is 0 Å². The Balaban J connectivity index is 2.40. The van der Waals surface area contributed by atoms with E-state index in [9.17, 15) is 17.6 Å². The lowest BCUT2D eigenvalue weighted by atomic mass is 10.1. The van der Waals surface area contributed by atoms with Crippen molar-refractivity contribution in [2.45, 2.75) is 13.0 Å². The van der Waals surface area contributed by atoms with Gasteiger partial charge in [-0.1, -0.05) is 23.2 Å². The molecule has 7 heteroatoms. The molecular formula is C14H9Cl2F4N. The lowest BCUT2D eigenvalue weighted by Crippen LogP contribution is -2.11. The van der Waals surface area contributed by atoms with Gasteiger partial charge in [0.1, 0.15) is 17.3 Å². The van der Waals surface area contributed by atoms with Crippen molar-refractivity contribution in [1.82, 2.24) is 0 Å². The number of nitrogens with one attached hydrogen (secondary N) is 1. The Kier molecular flexibility index (Phi) is 4.64. The summed E-state index contributed by atoms with van der Waals surface area (Å²) in [4.78, 5) is 0. The summed E-state index contributed by atoms with van der Waals surface area (Å²) in [5.74, 6) is -3.96. The van der Waals surface area contributed by atoms with Gasteiger partial charge in [0, 0.05) is 22.7 Å². The summed E-state index contributed by atoms with van der Waals surface area (Å²) in [6.07, 6.45) is 0. The molecule has 0 spiro atoms. The van der Waals surface area contributed by atoms with Crippen molar-refractivity contribution in [2.75, 3.05) is 5.32 Å². The second-order valence-electron chi connectivity index (χ2n) is 4.37. The number of hydrogen-bond acceptors (Lipinski definition) is 1. The van der Waals surface area contributed by atoms with Gasteiger partial charge in [-0.05, 0) is 19.1 Å². The van der Waals surface area contributed by atoms with Crippen molar-refractivity contribution in [3.05, 3.63) is 63.1 Å². The SMILES string of the molecule is CC(Nc1c(F)cc(F)cc1F)c1c(Cl)ccc(F)c1Cl. The van der Waals surface area contributed by atoms with Crippen molar-refractivity contribution in [1.29, 1.82) is 0 Å². The molecule has 2 rings (SSSR count). The largest absolute Gasteiger partial charge is 0.374 e. The average Bonchev–Trinajstić information content (AvgIpc) is 2.38. The van der Waals surface area contributed by atoms with Gasteiger partial charge in [0.2, 0.25) is 0 Å². The average molecular weight is 338 g/mol. The van der Waals surface area contributed by atoms with Gasteiger partial charge in [-0.15, -0.1) is 0 Å². The van der Waals surface area contributed by atoms with Crippen LogP contribution in [0.3, 0.4) is 0 Å². The molecule has 0 saturated carbocycles. The monoisotopic (exact) mass is 337 g/mol. The molecule has 2 aromatic rings. The Morgan fingerprint density at radius 1 is 0.952 bits per heavy atom. The first-order chi connectivity index (χ1) is 9.81. The summed E-state index contributed by atoms with van der Waals surface area (Å²) in [6, 6.07) is 2.64. The van der Waals surface area contributed by atoms with E-state index in [0.717, 1.165) is 6.07 Å². The fraction of sp³-hybridized carbons (Fsp3) is 0.143. The van der Waals surface area contributed by atoms with E-state index in [4.69, 9.17) is 23.2 Å². The predicted molar refractivity (Wildman–Crippen MR) is 74.8 cm³/mol. The van der Waals surface area contributed by atoms with Gasteiger partial charge in [0.25, 0.3) is 0 Å². The molecule has 112 valence electrons. The zero-order valence-electron chi connectivity index (χ0n) is 10.7. The highest BCUT2D eigenvalue weighted by Crippen LogP contribution is 2.35. The first-order valence-electron chi connectivity index (χ1n) is 5.85. The van der Waals surface area contributed by atoms with Gasteiger partial charge in [0.15, 0.2) is 11.6 Å². The zero-order chi connectivity index (χ0) is 15.7. The standard InChI is InChI=1S/C14H9Cl2F4N/c1-6(12-8(15)2-3-9(18)13(12)16)21-14-10(19)4-7(17)5-11(14)20/h2-6,21H,1H3. The molecule has 0 amide bonds. The molecular weight excluding hydrogens is 329 g/mol. The second-order valence-corrected chi connectivity index (χ2v) is 5.15. The van der Waals surface area contributed by atoms with Crippen LogP contribution < -0.4 is 5.32 Å². The van der Waals surface area contributed by atoms with Gasteiger partial charge in [-0.3, -0.25) is 0 Å². The minimum Gasteiger partial charge on any atom is -0.374 e. The summed E-state index contributed by atoms with van der Waals surface area (Å²) in [5, 5.41) is 2.38. The maximum absolute atomic E-state index is 13.6. The summed E-state index contributed by atoms with van der Waals surface area (Å²) in [6.45, 7) is 1.49. The van der Waals surface area contributed by atoms with Crippen LogP contribution in [0.1, 0.15) is 18.5 Å². The van der Waals surface area contributed by atoms with Gasteiger partial charge < -0.3 is 5.32 Å². The van der Waals surface area contributed by atoms with Crippen LogP contribution in [-0.2, 0) is 0 Å². The molecule has 1 atom stereocenters. The van der Waals surface area contributed by atoms with E-state index in [2.05, 4.69) is 5.32 Å². The molecule has 0 aliphatic heterocycles. The third kappa shape index (κ3) is 3.24. The smallest absolute Gasteiger partial charge is 0.152 e. The Bertz CT molecular complexity index is 668. The highest BCUT2D eigenvalue weighted by molar-refractivity contribution is 6.36. The highest BCUT2D eigenvalue weighted by atomic mass is 35.5. The summed E-state index contributed by atoms with van der Waals surface area (Å²) in [5.41, 5.74) is -0.387. The molecule has 0 aliphatic carbocycles. The van der Waals surface area contributed by atoms with Gasteiger partial charge >= 0.3 is 0 Å². The molecule has 0 aromatic heterocycles. The van der Waals surface area contributed by atoms with Crippen LogP contribution in [0.4, 0.5) is 23.2 Å². The van der Waals surface area contributed by atoms with E-state index in [1.54, 1.807) is 0 Å². The molecule has 0 heterocycles. The van der Waals surface area contributed by atoms with Gasteiger partial charge in [-0.2, -0.15) is 0 Å². The van der Waals surface area contributed by atoms with E-state index >= 15 is 0 Å². The molecule has 0 bridgehead atoms. The third-order valence-corrected chi connectivity index (χ3v) is 3.59. The van der Waals surface area contributed by atoms with E-state index in [1.807, 2.05) is 0 Å². The van der Waals surface area contributed by atoms with Crippen LogP contribution in [0.2, 0.25) is 10.0 Å². The Hall–Kier alpha value is -1.46. The predicted octanol–water partition coefficient (Wildman–Crippen LogP) is 5.72. The number of anilines is 1. The fourth-order valence-electron chi connectivity index (χ4n) is 1.91. The van der Waals surface area contributed by atoms with Crippen molar-refractivity contribution in [3.63, 3.8) is 0 Å². The lowest BCUT2D eigenvalue weighted by molar-refractivity contribution is 0.545. The third-order valence-electron chi connectivity index (χ3n) is 2.88. The van der Waals surface area contributed by atoms with Crippen molar-refractivity contribution in [2.24, 2.45) is 0 Å². The van der Waals surface area contributed by atoms with Crippen LogP contribution in [-0.4, -0.2) is 0 Å². The summed E-state index contributed by atoms with van der Waals surface area (Å²) < 4.78 is 53.5. The lowest BCUT2D eigenvalue weighted by Gasteiger charge is -2.19. The zero-order valence-corrected chi connectivity index (χ0v) is 12.2. The van der Waals surface area contributed by atoms with E-state index < -0.39 is 35.0 Å². The Morgan fingerprint density at radius 3 is 2.10 bits per heavy atom. The molecule has 0 fully saturated rings. The minimum atomic E-state index is -1.11. The fourth-order valence-corrected chi connectivity index (χ4v) is 2.61. The van der Waals surface area contributed by atoms with Crippen molar-refractivity contribution in [3.8, 4) is 0 Å². The number of hydrogen-bond donors (Lipinski definition) is 1.